The van der Waals surface area contributed by atoms with Crippen LogP contribution in [0.4, 0.5) is 0 Å². The van der Waals surface area contributed by atoms with E-state index in [9.17, 15) is 4.57 Å². The van der Waals surface area contributed by atoms with Gasteiger partial charge in [-0.25, -0.2) is 0 Å². The van der Waals surface area contributed by atoms with Crippen LogP contribution in [-0.2, 0) is 4.57 Å². The van der Waals surface area contributed by atoms with Gasteiger partial charge in [-0.2, -0.15) is 0 Å². The van der Waals surface area contributed by atoms with Crippen molar-refractivity contribution in [1.82, 2.24) is 4.90 Å². The SMILES string of the molecule is C=C(N(C)C)[PH](=O)Oc1ccccc1. The van der Waals surface area contributed by atoms with Crippen LogP contribution in [0.2, 0.25) is 0 Å². The molecule has 14 heavy (non-hydrogen) atoms. The summed E-state index contributed by atoms with van der Waals surface area (Å²) in [5, 5.41) is 0. The number of rotatable bonds is 4. The fourth-order valence-corrected chi connectivity index (χ4v) is 1.67. The zero-order valence-electron chi connectivity index (χ0n) is 8.36. The molecular formula is C10H14NO2P. The highest BCUT2D eigenvalue weighted by molar-refractivity contribution is 7.44. The van der Waals surface area contributed by atoms with Gasteiger partial charge in [-0.1, -0.05) is 24.8 Å². The van der Waals surface area contributed by atoms with Crippen LogP contribution in [0.5, 0.6) is 5.75 Å². The van der Waals surface area contributed by atoms with Crippen molar-refractivity contribution in [2.75, 3.05) is 14.1 Å². The smallest absolute Gasteiger partial charge is 0.281 e. The van der Waals surface area contributed by atoms with E-state index in [4.69, 9.17) is 4.52 Å². The van der Waals surface area contributed by atoms with Crippen LogP contribution < -0.4 is 4.52 Å². The number of benzene rings is 1. The van der Waals surface area contributed by atoms with E-state index >= 15 is 0 Å². The highest BCUT2D eigenvalue weighted by atomic mass is 31.1. The first-order valence-electron chi connectivity index (χ1n) is 4.24. The van der Waals surface area contributed by atoms with Crippen LogP contribution >= 0.6 is 8.03 Å². The first-order valence-corrected chi connectivity index (χ1v) is 5.56. The average Bonchev–Trinajstić information content (AvgIpc) is 2.18. The summed E-state index contributed by atoms with van der Waals surface area (Å²) in [6.45, 7) is 3.68. The summed E-state index contributed by atoms with van der Waals surface area (Å²) in [6, 6.07) is 9.09. The minimum absolute atomic E-state index is 0.513. The Balaban J connectivity index is 2.63. The molecule has 1 atom stereocenters. The van der Waals surface area contributed by atoms with Gasteiger partial charge in [0.2, 0.25) is 0 Å². The minimum Gasteiger partial charge on any atom is -0.441 e. The molecule has 0 spiro atoms. The van der Waals surface area contributed by atoms with Crippen molar-refractivity contribution in [3.8, 4) is 5.75 Å². The fourth-order valence-electron chi connectivity index (χ4n) is 0.837. The Morgan fingerprint density at radius 1 is 1.36 bits per heavy atom. The summed E-state index contributed by atoms with van der Waals surface area (Å²) in [4.78, 5) is 1.70. The van der Waals surface area contributed by atoms with Crippen LogP contribution in [0, 0.1) is 0 Å². The Kier molecular flexibility index (Phi) is 3.78. The van der Waals surface area contributed by atoms with Gasteiger partial charge in [0, 0.05) is 14.1 Å². The van der Waals surface area contributed by atoms with Gasteiger partial charge in [0.15, 0.2) is 0 Å². The second-order valence-corrected chi connectivity index (χ2v) is 4.40. The molecule has 0 bridgehead atoms. The third kappa shape index (κ3) is 2.93. The van der Waals surface area contributed by atoms with Gasteiger partial charge in [-0.3, -0.25) is 4.57 Å². The molecule has 3 nitrogen and oxygen atoms in total. The van der Waals surface area contributed by atoms with E-state index in [2.05, 4.69) is 6.58 Å². The molecule has 1 rings (SSSR count). The number of nitrogens with zero attached hydrogens (tertiary/aromatic N) is 1. The third-order valence-corrected chi connectivity index (χ3v) is 3.07. The summed E-state index contributed by atoms with van der Waals surface area (Å²) >= 11 is 0. The van der Waals surface area contributed by atoms with Gasteiger partial charge in [-0.05, 0) is 12.1 Å². The molecule has 4 heteroatoms. The summed E-state index contributed by atoms with van der Waals surface area (Å²) in [6.07, 6.45) is 0. The number of hydrogen-bond acceptors (Lipinski definition) is 3. The molecule has 76 valence electrons. The zero-order chi connectivity index (χ0) is 10.6. The van der Waals surface area contributed by atoms with Crippen LogP contribution in [0.25, 0.3) is 0 Å². The zero-order valence-corrected chi connectivity index (χ0v) is 9.36. The molecule has 0 aliphatic heterocycles. The van der Waals surface area contributed by atoms with Gasteiger partial charge >= 0.3 is 0 Å². The van der Waals surface area contributed by atoms with Crippen LogP contribution in [0.1, 0.15) is 0 Å². The Labute approximate surface area is 84.9 Å². The maximum absolute atomic E-state index is 11.6. The average molecular weight is 211 g/mol. The van der Waals surface area contributed by atoms with Crippen LogP contribution in [0.15, 0.2) is 42.3 Å². The van der Waals surface area contributed by atoms with E-state index in [0.29, 0.717) is 11.2 Å². The molecule has 0 radical (unpaired) electrons. The molecule has 0 aliphatic rings. The molecule has 0 N–H and O–H groups in total. The van der Waals surface area contributed by atoms with Gasteiger partial charge in [0.1, 0.15) is 11.2 Å². The molecule has 1 aromatic rings. The van der Waals surface area contributed by atoms with Gasteiger partial charge in [0.05, 0.1) is 0 Å². The molecule has 0 saturated heterocycles. The lowest BCUT2D eigenvalue weighted by molar-refractivity contribution is 0.478. The summed E-state index contributed by atoms with van der Waals surface area (Å²) in [7, 11) is 1.34. The lowest BCUT2D eigenvalue weighted by Crippen LogP contribution is -2.08. The summed E-state index contributed by atoms with van der Waals surface area (Å²) in [5.41, 5.74) is 0.513. The van der Waals surface area contributed by atoms with E-state index in [1.165, 1.54) is 0 Å². The lowest BCUT2D eigenvalue weighted by Gasteiger charge is -2.15. The fraction of sp³-hybridized carbons (Fsp3) is 0.200. The Morgan fingerprint density at radius 2 is 1.93 bits per heavy atom. The van der Waals surface area contributed by atoms with Gasteiger partial charge < -0.3 is 9.42 Å². The third-order valence-electron chi connectivity index (χ3n) is 1.73. The summed E-state index contributed by atoms with van der Waals surface area (Å²) in [5.74, 6) is 0.611. The van der Waals surface area contributed by atoms with Crippen molar-refractivity contribution in [2.45, 2.75) is 0 Å². The molecule has 1 aromatic carbocycles. The second kappa shape index (κ2) is 4.87. The maximum atomic E-state index is 11.6. The first-order chi connectivity index (χ1) is 6.61. The van der Waals surface area contributed by atoms with E-state index in [-0.39, 0.29) is 0 Å². The summed E-state index contributed by atoms with van der Waals surface area (Å²) < 4.78 is 16.8. The molecule has 1 unspecified atom stereocenters. The molecule has 0 aliphatic carbocycles. The van der Waals surface area contributed by atoms with Crippen LogP contribution in [0.3, 0.4) is 0 Å². The topological polar surface area (TPSA) is 29.5 Å². The Hall–Kier alpha value is -1.21. The highest BCUT2D eigenvalue weighted by Crippen LogP contribution is 2.34. The Morgan fingerprint density at radius 3 is 2.43 bits per heavy atom. The first kappa shape index (κ1) is 10.9. The molecule has 0 aromatic heterocycles. The standard InChI is InChI=1S/C10H14NO2P/c1-9(11(2)3)14(12)13-10-7-5-4-6-8-10/h4-8,14H,1H2,2-3H3. The van der Waals surface area contributed by atoms with E-state index in [1.807, 2.05) is 18.2 Å². The predicted molar refractivity (Wildman–Crippen MR) is 58.9 cm³/mol. The molecule has 0 fully saturated rings. The van der Waals surface area contributed by atoms with Crippen molar-refractivity contribution >= 4 is 8.03 Å². The Bertz CT molecular complexity index is 335. The van der Waals surface area contributed by atoms with Gasteiger partial charge in [-0.15, -0.1) is 0 Å². The minimum atomic E-state index is -2.24. The molecule has 0 amide bonds. The van der Waals surface area contributed by atoms with Crippen molar-refractivity contribution in [3.63, 3.8) is 0 Å². The van der Waals surface area contributed by atoms with E-state index < -0.39 is 8.03 Å². The van der Waals surface area contributed by atoms with Crippen molar-refractivity contribution < 1.29 is 9.09 Å². The molecule has 0 saturated carbocycles. The quantitative estimate of drug-likeness (QED) is 0.717. The normalized spacial score (nSPS) is 11.9. The number of hydrogen-bond donors (Lipinski definition) is 0. The molecule has 0 heterocycles. The lowest BCUT2D eigenvalue weighted by atomic mass is 10.3. The van der Waals surface area contributed by atoms with Crippen LogP contribution in [-0.4, -0.2) is 19.0 Å². The van der Waals surface area contributed by atoms with Crippen molar-refractivity contribution in [1.29, 1.82) is 0 Å². The van der Waals surface area contributed by atoms with Crippen molar-refractivity contribution in [3.05, 3.63) is 42.3 Å². The monoisotopic (exact) mass is 211 g/mol. The maximum Gasteiger partial charge on any atom is 0.281 e. The highest BCUT2D eigenvalue weighted by Gasteiger charge is 2.07. The van der Waals surface area contributed by atoms with E-state index in [0.717, 1.165) is 0 Å². The number of para-hydroxylation sites is 1. The second-order valence-electron chi connectivity index (χ2n) is 3.04. The van der Waals surface area contributed by atoms with Crippen molar-refractivity contribution in [2.24, 2.45) is 0 Å². The predicted octanol–water partition coefficient (Wildman–Crippen LogP) is 2.57. The largest absolute Gasteiger partial charge is 0.441 e. The van der Waals surface area contributed by atoms with E-state index in [1.54, 1.807) is 31.1 Å². The molecular weight excluding hydrogens is 197 g/mol. The van der Waals surface area contributed by atoms with Gasteiger partial charge in [0.25, 0.3) is 8.03 Å².